The fraction of sp³-hybridized carbons (Fsp3) is 0.125. The van der Waals surface area contributed by atoms with Crippen molar-refractivity contribution in [3.63, 3.8) is 0 Å². The minimum Gasteiger partial charge on any atom is -0.495 e. The van der Waals surface area contributed by atoms with E-state index in [1.807, 2.05) is 17.5 Å². The lowest BCUT2D eigenvalue weighted by molar-refractivity contribution is 0.102. The van der Waals surface area contributed by atoms with Crippen LogP contribution in [0.15, 0.2) is 40.5 Å². The first-order valence-electron chi connectivity index (χ1n) is 6.84. The van der Waals surface area contributed by atoms with Gasteiger partial charge in [0.1, 0.15) is 11.5 Å². The molecule has 6 nitrogen and oxygen atoms in total. The minimum atomic E-state index is -0.421. The number of nitrogens with zero attached hydrogens (tertiary/aromatic N) is 1. The second-order valence-corrected chi connectivity index (χ2v) is 6.00. The van der Waals surface area contributed by atoms with Crippen LogP contribution in [0.3, 0.4) is 0 Å². The van der Waals surface area contributed by atoms with Crippen molar-refractivity contribution in [2.24, 2.45) is 0 Å². The molecule has 1 amide bonds. The van der Waals surface area contributed by atoms with Crippen LogP contribution in [-0.4, -0.2) is 25.1 Å². The highest BCUT2D eigenvalue weighted by Crippen LogP contribution is 2.36. The van der Waals surface area contributed by atoms with Gasteiger partial charge >= 0.3 is 0 Å². The molecule has 0 spiro atoms. The van der Waals surface area contributed by atoms with Crippen molar-refractivity contribution >= 4 is 34.5 Å². The van der Waals surface area contributed by atoms with Gasteiger partial charge in [0.2, 0.25) is 0 Å². The normalized spacial score (nSPS) is 10.5. The first-order valence-corrected chi connectivity index (χ1v) is 8.10. The van der Waals surface area contributed by atoms with Gasteiger partial charge in [-0.1, -0.05) is 17.7 Å². The van der Waals surface area contributed by atoms with Crippen LogP contribution in [0, 0.1) is 0 Å². The van der Waals surface area contributed by atoms with E-state index in [4.69, 9.17) is 25.5 Å². The number of anilines is 1. The number of carbonyl (C=O) groups is 1. The van der Waals surface area contributed by atoms with E-state index >= 15 is 0 Å². The first kappa shape index (κ1) is 16.4. The third kappa shape index (κ3) is 3.08. The van der Waals surface area contributed by atoms with E-state index in [9.17, 15) is 4.79 Å². The van der Waals surface area contributed by atoms with Crippen LogP contribution in [0.1, 0.15) is 10.5 Å². The van der Waals surface area contributed by atoms with Crippen molar-refractivity contribution in [1.82, 2.24) is 4.98 Å². The Morgan fingerprint density at radius 2 is 2.08 bits per heavy atom. The Labute approximate surface area is 147 Å². The number of nitrogens with one attached hydrogen (secondary N) is 1. The third-order valence-corrected chi connectivity index (χ3v) is 4.41. The van der Waals surface area contributed by atoms with E-state index in [0.717, 1.165) is 4.88 Å². The number of carbonyl (C=O) groups excluding carboxylic acids is 1. The fourth-order valence-corrected chi connectivity index (χ4v) is 3.07. The summed E-state index contributed by atoms with van der Waals surface area (Å²) in [5, 5.41) is 5.03. The van der Waals surface area contributed by atoms with E-state index in [1.165, 1.54) is 32.0 Å². The van der Waals surface area contributed by atoms with Gasteiger partial charge in [-0.3, -0.25) is 4.79 Å². The highest BCUT2D eigenvalue weighted by molar-refractivity contribution is 7.13. The Morgan fingerprint density at radius 1 is 1.29 bits per heavy atom. The molecule has 3 aromatic rings. The van der Waals surface area contributed by atoms with E-state index in [-0.39, 0.29) is 5.69 Å². The van der Waals surface area contributed by atoms with Crippen LogP contribution < -0.4 is 14.8 Å². The van der Waals surface area contributed by atoms with Gasteiger partial charge in [0.25, 0.3) is 5.91 Å². The average Bonchev–Trinajstić information content (AvgIpc) is 3.26. The Bertz CT molecular complexity index is 861. The third-order valence-electron chi connectivity index (χ3n) is 3.25. The molecule has 0 atom stereocenters. The maximum Gasteiger partial charge on any atom is 0.278 e. The summed E-state index contributed by atoms with van der Waals surface area (Å²) in [7, 11) is 2.98. The van der Waals surface area contributed by atoms with Crippen molar-refractivity contribution in [2.45, 2.75) is 0 Å². The maximum absolute atomic E-state index is 12.6. The zero-order chi connectivity index (χ0) is 17.1. The molecule has 0 radical (unpaired) electrons. The molecule has 24 heavy (non-hydrogen) atoms. The Kier molecular flexibility index (Phi) is 4.73. The van der Waals surface area contributed by atoms with E-state index in [0.29, 0.717) is 28.0 Å². The fourth-order valence-electron chi connectivity index (χ4n) is 2.13. The topological polar surface area (TPSA) is 73.6 Å². The number of methoxy groups -OCH3 is 2. The van der Waals surface area contributed by atoms with Crippen molar-refractivity contribution < 1.29 is 18.7 Å². The van der Waals surface area contributed by atoms with Gasteiger partial charge in [-0.2, -0.15) is 0 Å². The number of ether oxygens (including phenoxy) is 2. The Morgan fingerprint density at radius 3 is 2.75 bits per heavy atom. The standard InChI is InChI=1S/C16H13ClN2O4S/c1-21-11-7-10(12(22-2)6-9(11)17)19-16(20)14-15(23-8-18-14)13-4-3-5-24-13/h3-8H,1-2H3,(H,19,20). The summed E-state index contributed by atoms with van der Waals surface area (Å²) in [4.78, 5) is 17.4. The van der Waals surface area contributed by atoms with Crippen LogP contribution in [0.2, 0.25) is 5.02 Å². The molecule has 8 heteroatoms. The predicted octanol–water partition coefficient (Wildman–Crippen LogP) is 4.33. The first-order chi connectivity index (χ1) is 11.6. The van der Waals surface area contributed by atoms with Gasteiger partial charge in [-0.25, -0.2) is 4.98 Å². The van der Waals surface area contributed by atoms with Crippen LogP contribution in [-0.2, 0) is 0 Å². The molecule has 0 unspecified atom stereocenters. The van der Waals surface area contributed by atoms with E-state index < -0.39 is 5.91 Å². The molecule has 0 aliphatic carbocycles. The molecule has 0 fully saturated rings. The van der Waals surface area contributed by atoms with Crippen LogP contribution >= 0.6 is 22.9 Å². The van der Waals surface area contributed by atoms with Gasteiger partial charge < -0.3 is 19.2 Å². The largest absolute Gasteiger partial charge is 0.495 e. The van der Waals surface area contributed by atoms with Crippen molar-refractivity contribution in [1.29, 1.82) is 0 Å². The number of aromatic nitrogens is 1. The lowest BCUT2D eigenvalue weighted by atomic mass is 10.2. The molecular weight excluding hydrogens is 352 g/mol. The summed E-state index contributed by atoms with van der Waals surface area (Å²) < 4.78 is 15.8. The number of rotatable bonds is 5. The second kappa shape index (κ2) is 6.94. The molecule has 0 saturated heterocycles. The van der Waals surface area contributed by atoms with Gasteiger partial charge in [-0.15, -0.1) is 11.3 Å². The number of oxazole rings is 1. The molecule has 3 rings (SSSR count). The highest BCUT2D eigenvalue weighted by atomic mass is 35.5. The van der Waals surface area contributed by atoms with Crippen LogP contribution in [0.25, 0.3) is 10.6 Å². The number of benzene rings is 1. The summed E-state index contributed by atoms with van der Waals surface area (Å²) >= 11 is 7.52. The Hall–Kier alpha value is -2.51. The van der Waals surface area contributed by atoms with E-state index in [1.54, 1.807) is 12.1 Å². The summed E-state index contributed by atoms with van der Waals surface area (Å²) in [6.45, 7) is 0. The minimum absolute atomic E-state index is 0.188. The van der Waals surface area contributed by atoms with Crippen LogP contribution in [0.4, 0.5) is 5.69 Å². The summed E-state index contributed by atoms with van der Waals surface area (Å²) in [6.07, 6.45) is 1.24. The van der Waals surface area contributed by atoms with E-state index in [2.05, 4.69) is 10.3 Å². The van der Waals surface area contributed by atoms with Crippen molar-refractivity contribution in [3.8, 4) is 22.1 Å². The summed E-state index contributed by atoms with van der Waals surface area (Å²) in [5.41, 5.74) is 0.609. The number of amides is 1. The predicted molar refractivity (Wildman–Crippen MR) is 92.3 cm³/mol. The zero-order valence-corrected chi connectivity index (χ0v) is 14.4. The molecule has 0 bridgehead atoms. The van der Waals surface area contributed by atoms with Gasteiger partial charge in [0.05, 0.1) is 29.8 Å². The molecule has 124 valence electrons. The zero-order valence-electron chi connectivity index (χ0n) is 12.8. The molecule has 0 aliphatic heterocycles. The number of halogens is 1. The van der Waals surface area contributed by atoms with Crippen molar-refractivity contribution in [2.75, 3.05) is 19.5 Å². The van der Waals surface area contributed by atoms with Crippen LogP contribution in [0.5, 0.6) is 11.5 Å². The second-order valence-electron chi connectivity index (χ2n) is 4.65. The lowest BCUT2D eigenvalue weighted by Gasteiger charge is -2.12. The molecule has 1 aromatic carbocycles. The van der Waals surface area contributed by atoms with Gasteiger partial charge in [-0.05, 0) is 11.4 Å². The highest BCUT2D eigenvalue weighted by Gasteiger charge is 2.21. The molecule has 2 aromatic heterocycles. The summed E-state index contributed by atoms with van der Waals surface area (Å²) in [6, 6.07) is 6.88. The van der Waals surface area contributed by atoms with Crippen molar-refractivity contribution in [3.05, 3.63) is 46.8 Å². The quantitative estimate of drug-likeness (QED) is 0.729. The SMILES string of the molecule is COc1cc(NC(=O)c2ncoc2-c2cccs2)c(OC)cc1Cl. The molecule has 0 saturated carbocycles. The number of thiophene rings is 1. The Balaban J connectivity index is 1.92. The van der Waals surface area contributed by atoms with Gasteiger partial charge in [0.15, 0.2) is 17.8 Å². The lowest BCUT2D eigenvalue weighted by Crippen LogP contribution is -2.14. The smallest absolute Gasteiger partial charge is 0.278 e. The number of hydrogen-bond donors (Lipinski definition) is 1. The molecule has 1 N–H and O–H groups in total. The number of hydrogen-bond acceptors (Lipinski definition) is 6. The summed E-state index contributed by atoms with van der Waals surface area (Å²) in [5.74, 6) is 0.832. The average molecular weight is 365 g/mol. The van der Waals surface area contributed by atoms with Gasteiger partial charge in [0, 0.05) is 12.1 Å². The monoisotopic (exact) mass is 364 g/mol. The molecule has 0 aliphatic rings. The molecule has 2 heterocycles. The maximum atomic E-state index is 12.6. The molecular formula is C16H13ClN2O4S.